The molecule has 2 fully saturated rings. The summed E-state index contributed by atoms with van der Waals surface area (Å²) in [6.07, 6.45) is 2.93. The van der Waals surface area contributed by atoms with Crippen LogP contribution >= 0.6 is 0 Å². The molecule has 4 rings (SSSR count). The highest BCUT2D eigenvalue weighted by Crippen LogP contribution is 2.31. The van der Waals surface area contributed by atoms with Gasteiger partial charge in [0.25, 0.3) is 5.91 Å². The summed E-state index contributed by atoms with van der Waals surface area (Å²) in [6.45, 7) is 1.73. The first-order valence-corrected chi connectivity index (χ1v) is 9.27. The second-order valence-electron chi connectivity index (χ2n) is 7.41. The van der Waals surface area contributed by atoms with Crippen LogP contribution in [0.25, 0.3) is 0 Å². The van der Waals surface area contributed by atoms with Gasteiger partial charge in [-0.3, -0.25) is 19.7 Å². The molecule has 1 aliphatic carbocycles. The van der Waals surface area contributed by atoms with E-state index in [4.69, 9.17) is 5.73 Å². The fourth-order valence-corrected chi connectivity index (χ4v) is 4.20. The summed E-state index contributed by atoms with van der Waals surface area (Å²) in [5.74, 6) is -0.240. The molecule has 1 aromatic rings. The van der Waals surface area contributed by atoms with Gasteiger partial charge in [-0.1, -0.05) is 18.2 Å². The third-order valence-corrected chi connectivity index (χ3v) is 5.91. The van der Waals surface area contributed by atoms with Gasteiger partial charge in [0, 0.05) is 31.1 Å². The van der Waals surface area contributed by atoms with E-state index in [0.717, 1.165) is 24.0 Å². The van der Waals surface area contributed by atoms with Gasteiger partial charge in [0.15, 0.2) is 0 Å². The van der Waals surface area contributed by atoms with E-state index < -0.39 is 6.04 Å². The van der Waals surface area contributed by atoms with E-state index in [-0.39, 0.29) is 24.1 Å². The molecule has 1 aromatic carbocycles. The predicted molar refractivity (Wildman–Crippen MR) is 94.9 cm³/mol. The Morgan fingerprint density at radius 1 is 1.19 bits per heavy atom. The Morgan fingerprint density at radius 2 is 2.04 bits per heavy atom. The number of imide groups is 1. The Balaban J connectivity index is 1.49. The Labute approximate surface area is 152 Å². The summed E-state index contributed by atoms with van der Waals surface area (Å²) in [6, 6.07) is 5.71. The predicted octanol–water partition coefficient (Wildman–Crippen LogP) is 0.275. The number of hydrogen-bond donors (Lipinski definition) is 3. The average Bonchev–Trinajstić information content (AvgIpc) is 2.92. The molecule has 7 heteroatoms. The summed E-state index contributed by atoms with van der Waals surface area (Å²) < 4.78 is 0. The minimum Gasteiger partial charge on any atom is -0.330 e. The van der Waals surface area contributed by atoms with Crippen LogP contribution in [0.1, 0.15) is 47.2 Å². The second kappa shape index (κ2) is 6.81. The molecule has 2 aliphatic heterocycles. The van der Waals surface area contributed by atoms with Gasteiger partial charge in [0.05, 0.1) is 0 Å². The van der Waals surface area contributed by atoms with Crippen LogP contribution in [-0.2, 0) is 22.7 Å². The SMILES string of the molecule is NC[C@@H]1CC[C@H]1NCc1cccc2c1C(=O)N(C1CCC(=O)NC1=O)C2. The summed E-state index contributed by atoms with van der Waals surface area (Å²) >= 11 is 0. The third kappa shape index (κ3) is 2.91. The average molecular weight is 356 g/mol. The van der Waals surface area contributed by atoms with Crippen molar-refractivity contribution in [1.82, 2.24) is 15.5 Å². The lowest BCUT2D eigenvalue weighted by atomic mass is 9.79. The molecule has 3 amide bonds. The van der Waals surface area contributed by atoms with E-state index in [0.29, 0.717) is 43.6 Å². The van der Waals surface area contributed by atoms with E-state index in [1.54, 1.807) is 4.90 Å². The Bertz CT molecular complexity index is 761. The summed E-state index contributed by atoms with van der Waals surface area (Å²) in [7, 11) is 0. The molecular weight excluding hydrogens is 332 g/mol. The number of nitrogens with one attached hydrogen (secondary N) is 2. The van der Waals surface area contributed by atoms with E-state index in [9.17, 15) is 14.4 Å². The van der Waals surface area contributed by atoms with Crippen molar-refractivity contribution < 1.29 is 14.4 Å². The van der Waals surface area contributed by atoms with Crippen LogP contribution in [0.2, 0.25) is 0 Å². The Hall–Kier alpha value is -2.25. The van der Waals surface area contributed by atoms with Crippen molar-refractivity contribution in [2.75, 3.05) is 6.54 Å². The molecule has 26 heavy (non-hydrogen) atoms. The molecular formula is C19H24N4O3. The number of amides is 3. The number of hydrogen-bond acceptors (Lipinski definition) is 5. The monoisotopic (exact) mass is 356 g/mol. The molecule has 1 saturated carbocycles. The van der Waals surface area contributed by atoms with Crippen LogP contribution in [0.15, 0.2) is 18.2 Å². The van der Waals surface area contributed by atoms with Crippen molar-refractivity contribution in [3.8, 4) is 0 Å². The van der Waals surface area contributed by atoms with Crippen molar-refractivity contribution >= 4 is 17.7 Å². The van der Waals surface area contributed by atoms with Gasteiger partial charge >= 0.3 is 0 Å². The number of nitrogens with two attached hydrogens (primary N) is 1. The topological polar surface area (TPSA) is 105 Å². The third-order valence-electron chi connectivity index (χ3n) is 5.91. The fourth-order valence-electron chi connectivity index (χ4n) is 4.20. The fraction of sp³-hybridized carbons (Fsp3) is 0.526. The van der Waals surface area contributed by atoms with E-state index >= 15 is 0 Å². The maximum atomic E-state index is 13.0. The lowest BCUT2D eigenvalue weighted by molar-refractivity contribution is -0.136. The lowest BCUT2D eigenvalue weighted by Gasteiger charge is -2.36. The number of nitrogens with zero attached hydrogens (tertiary/aromatic N) is 1. The number of carbonyl (C=O) groups excluding carboxylic acids is 3. The van der Waals surface area contributed by atoms with Crippen LogP contribution < -0.4 is 16.4 Å². The number of rotatable bonds is 5. The quantitative estimate of drug-likeness (QED) is 0.657. The van der Waals surface area contributed by atoms with Crippen LogP contribution in [0.5, 0.6) is 0 Å². The minimum atomic E-state index is -0.568. The Kier molecular flexibility index (Phi) is 4.50. The zero-order valence-corrected chi connectivity index (χ0v) is 14.7. The number of carbonyl (C=O) groups is 3. The highest BCUT2D eigenvalue weighted by molar-refractivity contribution is 6.05. The molecule has 0 bridgehead atoms. The number of fused-ring (bicyclic) bond motifs is 1. The van der Waals surface area contributed by atoms with Crippen molar-refractivity contribution in [3.05, 3.63) is 34.9 Å². The summed E-state index contributed by atoms with van der Waals surface area (Å²) in [5.41, 5.74) is 8.38. The number of piperidine rings is 1. The molecule has 0 spiro atoms. The molecule has 0 aromatic heterocycles. The molecule has 3 atom stereocenters. The largest absolute Gasteiger partial charge is 0.330 e. The van der Waals surface area contributed by atoms with Gasteiger partial charge in [-0.05, 0) is 42.9 Å². The van der Waals surface area contributed by atoms with E-state index in [1.807, 2.05) is 18.2 Å². The van der Waals surface area contributed by atoms with Crippen molar-refractivity contribution in [2.45, 2.75) is 50.9 Å². The standard InChI is InChI=1S/C19H24N4O3/c20-8-11-4-5-14(11)21-9-12-2-1-3-13-10-23(19(26)17(12)13)15-6-7-16(24)22-18(15)25/h1-3,11,14-15,21H,4-10,20H2,(H,22,24,25)/t11-,14+,15?/m0/s1. The van der Waals surface area contributed by atoms with Gasteiger partial charge in [-0.2, -0.15) is 0 Å². The second-order valence-corrected chi connectivity index (χ2v) is 7.41. The molecule has 1 saturated heterocycles. The molecule has 138 valence electrons. The molecule has 2 heterocycles. The van der Waals surface area contributed by atoms with E-state index in [2.05, 4.69) is 10.6 Å². The first-order chi connectivity index (χ1) is 12.6. The highest BCUT2D eigenvalue weighted by Gasteiger charge is 2.40. The maximum absolute atomic E-state index is 13.0. The van der Waals surface area contributed by atoms with Crippen LogP contribution in [-0.4, -0.2) is 41.2 Å². The first-order valence-electron chi connectivity index (χ1n) is 9.27. The molecule has 1 unspecified atom stereocenters. The number of benzene rings is 1. The van der Waals surface area contributed by atoms with Crippen LogP contribution in [0.3, 0.4) is 0 Å². The highest BCUT2D eigenvalue weighted by atomic mass is 16.2. The Morgan fingerprint density at radius 3 is 2.73 bits per heavy atom. The van der Waals surface area contributed by atoms with Crippen molar-refractivity contribution in [1.29, 1.82) is 0 Å². The molecule has 0 radical (unpaired) electrons. The zero-order valence-electron chi connectivity index (χ0n) is 14.7. The van der Waals surface area contributed by atoms with Gasteiger partial charge in [-0.15, -0.1) is 0 Å². The zero-order chi connectivity index (χ0) is 18.3. The molecule has 4 N–H and O–H groups in total. The summed E-state index contributed by atoms with van der Waals surface area (Å²) in [4.78, 5) is 38.1. The molecule has 7 nitrogen and oxygen atoms in total. The van der Waals surface area contributed by atoms with Crippen LogP contribution in [0, 0.1) is 5.92 Å². The minimum absolute atomic E-state index is 0.115. The smallest absolute Gasteiger partial charge is 0.255 e. The summed E-state index contributed by atoms with van der Waals surface area (Å²) in [5, 5.41) is 5.86. The van der Waals surface area contributed by atoms with Crippen molar-refractivity contribution in [2.24, 2.45) is 11.7 Å². The van der Waals surface area contributed by atoms with Crippen LogP contribution in [0.4, 0.5) is 0 Å². The van der Waals surface area contributed by atoms with Gasteiger partial charge in [-0.25, -0.2) is 0 Å². The maximum Gasteiger partial charge on any atom is 0.255 e. The first kappa shape index (κ1) is 17.2. The van der Waals surface area contributed by atoms with Crippen molar-refractivity contribution in [3.63, 3.8) is 0 Å². The van der Waals surface area contributed by atoms with Gasteiger partial charge in [0.1, 0.15) is 6.04 Å². The van der Waals surface area contributed by atoms with Gasteiger partial charge < -0.3 is 16.0 Å². The van der Waals surface area contributed by atoms with E-state index in [1.165, 1.54) is 0 Å². The van der Waals surface area contributed by atoms with Gasteiger partial charge in [0.2, 0.25) is 11.8 Å². The lowest BCUT2D eigenvalue weighted by Crippen LogP contribution is -2.52. The normalized spacial score (nSPS) is 28.0. The molecule has 3 aliphatic rings.